The Hall–Kier alpha value is -3.60. The molecule has 1 unspecified atom stereocenters. The van der Waals surface area contributed by atoms with E-state index in [1.807, 2.05) is 24.3 Å². The standard InChI is InChI=1S/C35H39FO4/c1-35(2,3)26-11-8-24(9-12-26)31-17-22(5-15-29(31)32-19-27(39-4)14-16-33(32)36)21-40-28-13-10-23-6-7-25(18-34(37)38)30(23)20-28/h5,8,10,13-17,19-20,25-26H,6-7,9,11-12,18,21H2,1-4H3,(H,37,38)/t25-,26?/m1/s1. The summed E-state index contributed by atoms with van der Waals surface area (Å²) >= 11 is 0. The van der Waals surface area contributed by atoms with Gasteiger partial charge < -0.3 is 14.6 Å². The molecule has 4 nitrogen and oxygen atoms in total. The highest BCUT2D eigenvalue weighted by molar-refractivity contribution is 5.83. The van der Waals surface area contributed by atoms with E-state index in [1.165, 1.54) is 17.2 Å². The second kappa shape index (κ2) is 11.5. The fraction of sp³-hybridized carbons (Fsp3) is 0.400. The molecule has 0 aromatic heterocycles. The number of carbonyl (C=O) groups is 1. The van der Waals surface area contributed by atoms with Crippen molar-refractivity contribution in [3.05, 3.63) is 88.7 Å². The summed E-state index contributed by atoms with van der Waals surface area (Å²) in [6.45, 7) is 7.27. The summed E-state index contributed by atoms with van der Waals surface area (Å²) in [5, 5.41) is 9.29. The third-order valence-electron chi connectivity index (χ3n) is 8.68. The van der Waals surface area contributed by atoms with Gasteiger partial charge in [0.15, 0.2) is 0 Å². The SMILES string of the molecule is COc1ccc(F)c(-c2ccc(COc3ccc4c(c3)[C@@H](CC(=O)O)CC4)cc2C2=CCC(C(C)(C)C)CC2)c1. The van der Waals surface area contributed by atoms with Gasteiger partial charge >= 0.3 is 5.97 Å². The number of halogens is 1. The van der Waals surface area contributed by atoms with Gasteiger partial charge in [-0.1, -0.05) is 45.0 Å². The number of fused-ring (bicyclic) bond motifs is 1. The predicted molar refractivity (Wildman–Crippen MR) is 157 cm³/mol. The van der Waals surface area contributed by atoms with E-state index >= 15 is 4.39 Å². The Bertz CT molecular complexity index is 1430. The van der Waals surface area contributed by atoms with Gasteiger partial charge in [0.1, 0.15) is 23.9 Å². The maximum Gasteiger partial charge on any atom is 0.303 e. The quantitative estimate of drug-likeness (QED) is 0.309. The number of ether oxygens (including phenoxy) is 2. The zero-order chi connectivity index (χ0) is 28.4. The van der Waals surface area contributed by atoms with Gasteiger partial charge in [0.05, 0.1) is 13.5 Å². The van der Waals surface area contributed by atoms with Crippen LogP contribution in [-0.2, 0) is 17.8 Å². The van der Waals surface area contributed by atoms with Crippen molar-refractivity contribution < 1.29 is 23.8 Å². The molecule has 0 aliphatic heterocycles. The number of hydrogen-bond acceptors (Lipinski definition) is 3. The lowest BCUT2D eigenvalue weighted by molar-refractivity contribution is -0.137. The smallest absolute Gasteiger partial charge is 0.303 e. The summed E-state index contributed by atoms with van der Waals surface area (Å²) in [6, 6.07) is 17.0. The summed E-state index contributed by atoms with van der Waals surface area (Å²) in [7, 11) is 1.59. The monoisotopic (exact) mass is 542 g/mol. The van der Waals surface area contributed by atoms with E-state index in [-0.39, 0.29) is 23.6 Å². The number of aliphatic carboxylic acids is 1. The zero-order valence-corrected chi connectivity index (χ0v) is 23.9. The maximum absolute atomic E-state index is 15.1. The van der Waals surface area contributed by atoms with E-state index in [0.717, 1.165) is 60.1 Å². The lowest BCUT2D eigenvalue weighted by atomic mass is 9.72. The molecular formula is C35H39FO4. The lowest BCUT2D eigenvalue weighted by Gasteiger charge is -2.33. The Kier molecular flexibility index (Phi) is 8.02. The van der Waals surface area contributed by atoms with E-state index in [2.05, 4.69) is 39.0 Å². The van der Waals surface area contributed by atoms with Crippen LogP contribution in [0.25, 0.3) is 16.7 Å². The Morgan fingerprint density at radius 1 is 0.950 bits per heavy atom. The van der Waals surface area contributed by atoms with Crippen molar-refractivity contribution in [2.45, 2.75) is 71.8 Å². The number of allylic oxidation sites excluding steroid dienone is 2. The van der Waals surface area contributed by atoms with Gasteiger partial charge in [-0.3, -0.25) is 4.79 Å². The highest BCUT2D eigenvalue weighted by Gasteiger charge is 2.28. The first-order valence-electron chi connectivity index (χ1n) is 14.3. The first-order chi connectivity index (χ1) is 19.1. The van der Waals surface area contributed by atoms with Crippen molar-refractivity contribution in [2.24, 2.45) is 11.3 Å². The van der Waals surface area contributed by atoms with E-state index in [9.17, 15) is 9.90 Å². The molecule has 5 rings (SSSR count). The molecule has 0 heterocycles. The van der Waals surface area contributed by atoms with Crippen molar-refractivity contribution in [3.8, 4) is 22.6 Å². The van der Waals surface area contributed by atoms with Crippen molar-refractivity contribution in [2.75, 3.05) is 7.11 Å². The molecule has 0 fully saturated rings. The van der Waals surface area contributed by atoms with Gasteiger partial charge in [0.2, 0.25) is 0 Å². The van der Waals surface area contributed by atoms with E-state index in [1.54, 1.807) is 19.2 Å². The van der Waals surface area contributed by atoms with Gasteiger partial charge in [-0.2, -0.15) is 0 Å². The van der Waals surface area contributed by atoms with Crippen molar-refractivity contribution in [1.29, 1.82) is 0 Å². The molecule has 0 saturated heterocycles. The first kappa shape index (κ1) is 27.9. The summed E-state index contributed by atoms with van der Waals surface area (Å²) in [6.07, 6.45) is 7.30. The van der Waals surface area contributed by atoms with Gasteiger partial charge in [0, 0.05) is 5.56 Å². The number of carboxylic acids is 1. The molecule has 0 amide bonds. The molecule has 0 radical (unpaired) electrons. The van der Waals surface area contributed by atoms with Crippen LogP contribution in [0.3, 0.4) is 0 Å². The molecule has 2 aliphatic carbocycles. The normalized spacial score (nSPS) is 18.7. The molecule has 0 spiro atoms. The number of benzene rings is 3. The van der Waals surface area contributed by atoms with Gasteiger partial charge in [-0.25, -0.2) is 4.39 Å². The molecule has 1 N–H and O–H groups in total. The molecule has 3 aromatic rings. The minimum atomic E-state index is -0.768. The van der Waals surface area contributed by atoms with Crippen molar-refractivity contribution >= 4 is 11.5 Å². The molecule has 3 aromatic carbocycles. The molecule has 210 valence electrons. The molecule has 40 heavy (non-hydrogen) atoms. The molecule has 0 saturated carbocycles. The fourth-order valence-electron chi connectivity index (χ4n) is 6.23. The third-order valence-corrected chi connectivity index (χ3v) is 8.68. The Morgan fingerprint density at radius 3 is 2.45 bits per heavy atom. The Labute approximate surface area is 236 Å². The highest BCUT2D eigenvalue weighted by Crippen LogP contribution is 2.43. The van der Waals surface area contributed by atoms with Crippen LogP contribution >= 0.6 is 0 Å². The van der Waals surface area contributed by atoms with Crippen molar-refractivity contribution in [3.63, 3.8) is 0 Å². The highest BCUT2D eigenvalue weighted by atomic mass is 19.1. The molecule has 2 atom stereocenters. The summed E-state index contributed by atoms with van der Waals surface area (Å²) in [5.41, 5.74) is 7.22. The van der Waals surface area contributed by atoms with E-state index in [4.69, 9.17) is 9.47 Å². The number of rotatable bonds is 8. The minimum absolute atomic E-state index is 0.0369. The molecule has 0 bridgehead atoms. The maximum atomic E-state index is 15.1. The van der Waals surface area contributed by atoms with Gasteiger partial charge in [-0.05, 0) is 119 Å². The second-order valence-electron chi connectivity index (χ2n) is 12.3. The van der Waals surface area contributed by atoms with E-state index in [0.29, 0.717) is 23.8 Å². The van der Waals surface area contributed by atoms with Crippen molar-refractivity contribution in [1.82, 2.24) is 0 Å². The molecular weight excluding hydrogens is 503 g/mol. The predicted octanol–water partition coefficient (Wildman–Crippen LogP) is 8.81. The zero-order valence-electron chi connectivity index (χ0n) is 23.9. The second-order valence-corrected chi connectivity index (χ2v) is 12.3. The molecule has 2 aliphatic rings. The average molecular weight is 543 g/mol. The van der Waals surface area contributed by atoms with E-state index < -0.39 is 5.97 Å². The van der Waals surface area contributed by atoms with Crippen LogP contribution in [0.4, 0.5) is 4.39 Å². The van der Waals surface area contributed by atoms with Crippen LogP contribution in [0.2, 0.25) is 0 Å². The fourth-order valence-corrected chi connectivity index (χ4v) is 6.23. The van der Waals surface area contributed by atoms with Crippen LogP contribution < -0.4 is 9.47 Å². The average Bonchev–Trinajstić information content (AvgIpc) is 3.33. The third kappa shape index (κ3) is 6.09. The van der Waals surface area contributed by atoms with Crippen LogP contribution in [0.15, 0.2) is 60.7 Å². The minimum Gasteiger partial charge on any atom is -0.497 e. The van der Waals surface area contributed by atoms with Gasteiger partial charge in [-0.15, -0.1) is 0 Å². The number of aryl methyl sites for hydroxylation is 1. The Balaban J connectivity index is 1.44. The number of methoxy groups -OCH3 is 1. The topological polar surface area (TPSA) is 55.8 Å². The van der Waals surface area contributed by atoms with Crippen LogP contribution in [-0.4, -0.2) is 18.2 Å². The summed E-state index contributed by atoms with van der Waals surface area (Å²) in [5.74, 6) is 0.974. The van der Waals surface area contributed by atoms with Gasteiger partial charge in [0.25, 0.3) is 0 Å². The van der Waals surface area contributed by atoms with Crippen LogP contribution in [0.5, 0.6) is 11.5 Å². The molecule has 5 heteroatoms. The largest absolute Gasteiger partial charge is 0.497 e. The summed E-state index contributed by atoms with van der Waals surface area (Å²) in [4.78, 5) is 11.3. The number of hydrogen-bond donors (Lipinski definition) is 1. The first-order valence-corrected chi connectivity index (χ1v) is 14.3. The lowest BCUT2D eigenvalue weighted by Crippen LogP contribution is -2.22. The van der Waals surface area contributed by atoms with Crippen LogP contribution in [0.1, 0.15) is 81.0 Å². The Morgan fingerprint density at radius 2 is 1.75 bits per heavy atom. The van der Waals surface area contributed by atoms with Crippen LogP contribution in [0, 0.1) is 17.2 Å². The summed E-state index contributed by atoms with van der Waals surface area (Å²) < 4.78 is 26.7. The number of carboxylic acid groups (broad SMARTS) is 1.